The maximum atomic E-state index is 13.6. The number of alkyl halides is 12. The van der Waals surface area contributed by atoms with Crippen molar-refractivity contribution in [2.75, 3.05) is 0 Å². The topological polar surface area (TPSA) is 197 Å². The second-order valence-electron chi connectivity index (χ2n) is 11.6. The number of nitrogens with two attached hydrogens (primary N) is 4. The molecule has 0 atom stereocenters. The highest BCUT2D eigenvalue weighted by molar-refractivity contribution is 7.99. The van der Waals surface area contributed by atoms with E-state index in [0.717, 1.165) is 43.3 Å². The Kier molecular flexibility index (Phi) is 13.6. The number of carbonyl (C=O) groups is 2. The van der Waals surface area contributed by atoms with Crippen molar-refractivity contribution in [3.8, 4) is 0 Å². The molecule has 0 unspecified atom stereocenters. The number of guanidine groups is 2. The van der Waals surface area contributed by atoms with Crippen molar-refractivity contribution in [2.24, 2.45) is 32.9 Å². The van der Waals surface area contributed by atoms with Crippen LogP contribution in [0.25, 0.3) is 0 Å². The summed E-state index contributed by atoms with van der Waals surface area (Å²) in [6.07, 6.45) is -20.1. The smallest absolute Gasteiger partial charge is 0.370 e. The number of halogens is 12. The van der Waals surface area contributed by atoms with Crippen LogP contribution in [0.15, 0.2) is 102 Å². The lowest BCUT2D eigenvalue weighted by Gasteiger charge is -2.18. The van der Waals surface area contributed by atoms with E-state index >= 15 is 0 Å². The van der Waals surface area contributed by atoms with Gasteiger partial charge in [0.2, 0.25) is 9.84 Å². The zero-order valence-electron chi connectivity index (χ0n) is 29.1. The third-order valence-corrected chi connectivity index (χ3v) is 10.4. The number of carbonyl (C=O) groups excluding carboxylic acids is 2. The number of hydrogen-bond acceptors (Lipinski definition) is 5. The standard InChI is InChI=1S/C17H13F6N3O3S.C17H13F6N3OS/c1-8-6-13(11(17(21,22)23)7-9(8)14(27)26-15(24)25)30(28,29)12-5-3-2-4-10(12)16(18,19)20;1-8-6-13(28-12-5-3-2-4-10(12)16(18,19)20)11(17(21,22)23)7-9(8)14(27)26-15(24)25/h2-7H,1H3,(H4,24,25,26,27);2-7H,1H3,(H4,24,25,26,27). The zero-order chi connectivity index (χ0) is 44.3. The van der Waals surface area contributed by atoms with E-state index in [1.165, 1.54) is 13.0 Å². The number of nitrogens with zero attached hydrogens (tertiary/aromatic N) is 2. The van der Waals surface area contributed by atoms with Crippen LogP contribution in [0.4, 0.5) is 52.7 Å². The first-order valence-corrected chi connectivity index (χ1v) is 17.6. The Morgan fingerprint density at radius 2 is 0.914 bits per heavy atom. The van der Waals surface area contributed by atoms with Gasteiger partial charge in [0.15, 0.2) is 11.9 Å². The van der Waals surface area contributed by atoms with Gasteiger partial charge >= 0.3 is 24.7 Å². The number of sulfone groups is 1. The molecule has 0 saturated heterocycles. The van der Waals surface area contributed by atoms with Gasteiger partial charge in [0.05, 0.1) is 32.0 Å². The summed E-state index contributed by atoms with van der Waals surface area (Å²) in [7, 11) is -5.29. The van der Waals surface area contributed by atoms with Crippen LogP contribution in [0.2, 0.25) is 0 Å². The summed E-state index contributed by atoms with van der Waals surface area (Å²) in [5, 5.41) is 0. The van der Waals surface area contributed by atoms with Crippen molar-refractivity contribution in [2.45, 2.75) is 58.1 Å². The van der Waals surface area contributed by atoms with Gasteiger partial charge in [0.1, 0.15) is 0 Å². The lowest BCUT2D eigenvalue weighted by Crippen LogP contribution is -2.24. The van der Waals surface area contributed by atoms with Gasteiger partial charge in [-0.3, -0.25) is 9.59 Å². The third-order valence-electron chi connectivity index (χ3n) is 7.37. The van der Waals surface area contributed by atoms with Crippen LogP contribution < -0.4 is 22.9 Å². The average molecular weight is 875 g/mol. The molecule has 10 nitrogen and oxygen atoms in total. The monoisotopic (exact) mass is 874 g/mol. The van der Waals surface area contributed by atoms with Gasteiger partial charge in [-0.05, 0) is 73.5 Å². The zero-order valence-corrected chi connectivity index (χ0v) is 30.8. The summed E-state index contributed by atoms with van der Waals surface area (Å²) >= 11 is 0.307. The number of aryl methyl sites for hydroxylation is 2. The summed E-state index contributed by atoms with van der Waals surface area (Å²) in [6.45, 7) is 2.42. The number of amides is 2. The SMILES string of the molecule is Cc1cc(S(=O)(=O)c2ccccc2C(F)(F)F)c(C(F)(F)F)cc1C(=O)N=C(N)N.Cc1cc(Sc2ccccc2C(F)(F)F)c(C(F)(F)F)cc1C(=O)N=C(N)N. The fourth-order valence-electron chi connectivity index (χ4n) is 4.89. The van der Waals surface area contributed by atoms with Crippen LogP contribution in [0, 0.1) is 13.8 Å². The molecule has 0 radical (unpaired) electrons. The molecule has 4 aromatic rings. The number of aliphatic imine (C=N–C) groups is 2. The van der Waals surface area contributed by atoms with Crippen molar-refractivity contribution in [1.82, 2.24) is 0 Å². The lowest BCUT2D eigenvalue weighted by molar-refractivity contribution is -0.141. The molecule has 24 heteroatoms. The maximum absolute atomic E-state index is 13.6. The van der Waals surface area contributed by atoms with Crippen molar-refractivity contribution < 1.29 is 70.7 Å². The van der Waals surface area contributed by atoms with Crippen LogP contribution in [0.5, 0.6) is 0 Å². The molecule has 58 heavy (non-hydrogen) atoms. The largest absolute Gasteiger partial charge is 0.417 e. The van der Waals surface area contributed by atoms with Crippen molar-refractivity contribution >= 4 is 45.3 Å². The van der Waals surface area contributed by atoms with E-state index < -0.39 is 111 Å². The molecule has 8 N–H and O–H groups in total. The third kappa shape index (κ3) is 11.2. The molecule has 2 amide bonds. The molecular weight excluding hydrogens is 849 g/mol. The highest BCUT2D eigenvalue weighted by atomic mass is 32.2. The van der Waals surface area contributed by atoms with E-state index in [-0.39, 0.29) is 17.2 Å². The molecule has 0 aliphatic carbocycles. The molecule has 4 aromatic carbocycles. The Bertz CT molecular complexity index is 2400. The highest BCUT2D eigenvalue weighted by Crippen LogP contribution is 2.45. The minimum absolute atomic E-state index is 0.0787. The normalized spacial score (nSPS) is 12.2. The van der Waals surface area contributed by atoms with Crippen LogP contribution in [0.1, 0.15) is 54.1 Å². The molecule has 0 aliphatic rings. The predicted octanol–water partition coefficient (Wildman–Crippen LogP) is 7.88. The Balaban J connectivity index is 0.000000311. The van der Waals surface area contributed by atoms with E-state index in [1.54, 1.807) is 0 Å². The molecule has 312 valence electrons. The Labute approximate surface area is 323 Å². The van der Waals surface area contributed by atoms with Crippen LogP contribution in [-0.2, 0) is 34.5 Å². The molecule has 0 aromatic heterocycles. The molecule has 0 aliphatic heterocycles. The summed E-state index contributed by atoms with van der Waals surface area (Å²) in [5.41, 5.74) is 13.1. The summed E-state index contributed by atoms with van der Waals surface area (Å²) in [5.74, 6) is -3.74. The quantitative estimate of drug-likeness (QED) is 0.0846. The Hall–Kier alpha value is -5.78. The first kappa shape index (κ1) is 46.6. The number of benzene rings is 4. The Morgan fingerprint density at radius 1 is 0.517 bits per heavy atom. The highest BCUT2D eigenvalue weighted by Gasteiger charge is 2.43. The second-order valence-corrected chi connectivity index (χ2v) is 14.6. The average Bonchev–Trinajstić information content (AvgIpc) is 3.06. The molecule has 0 saturated carbocycles. The number of rotatable bonds is 6. The van der Waals surface area contributed by atoms with Gasteiger partial charge in [-0.25, -0.2) is 8.42 Å². The van der Waals surface area contributed by atoms with Crippen molar-refractivity contribution in [3.63, 3.8) is 0 Å². The van der Waals surface area contributed by atoms with E-state index in [9.17, 15) is 70.7 Å². The van der Waals surface area contributed by atoms with Crippen LogP contribution in [-0.4, -0.2) is 32.2 Å². The van der Waals surface area contributed by atoms with Crippen molar-refractivity contribution in [1.29, 1.82) is 0 Å². The summed E-state index contributed by atoms with van der Waals surface area (Å²) in [6, 6.07) is 9.25. The molecule has 0 heterocycles. The van der Waals surface area contributed by atoms with Crippen LogP contribution in [0.3, 0.4) is 0 Å². The fourth-order valence-corrected chi connectivity index (χ4v) is 7.85. The molecule has 0 spiro atoms. The van der Waals surface area contributed by atoms with Gasteiger partial charge in [0.25, 0.3) is 11.8 Å². The van der Waals surface area contributed by atoms with Crippen LogP contribution >= 0.6 is 11.8 Å². The summed E-state index contributed by atoms with van der Waals surface area (Å²) in [4.78, 5) is 26.5. The second kappa shape index (κ2) is 17.0. The Morgan fingerprint density at radius 3 is 1.36 bits per heavy atom. The van der Waals surface area contributed by atoms with Gasteiger partial charge in [0, 0.05) is 20.9 Å². The van der Waals surface area contributed by atoms with E-state index in [2.05, 4.69) is 9.98 Å². The van der Waals surface area contributed by atoms with Crippen molar-refractivity contribution in [3.05, 3.63) is 117 Å². The minimum Gasteiger partial charge on any atom is -0.370 e. The van der Waals surface area contributed by atoms with Gasteiger partial charge in [-0.15, -0.1) is 0 Å². The molecular formula is C34H26F12N6O4S2. The minimum atomic E-state index is -5.32. The van der Waals surface area contributed by atoms with E-state index in [0.29, 0.717) is 36.0 Å². The van der Waals surface area contributed by atoms with E-state index in [1.807, 2.05) is 0 Å². The summed E-state index contributed by atoms with van der Waals surface area (Å²) < 4.78 is 186. The first-order chi connectivity index (χ1) is 26.4. The first-order valence-electron chi connectivity index (χ1n) is 15.3. The molecule has 4 rings (SSSR count). The van der Waals surface area contributed by atoms with Gasteiger partial charge in [-0.1, -0.05) is 36.0 Å². The number of hydrogen-bond donors (Lipinski definition) is 4. The maximum Gasteiger partial charge on any atom is 0.417 e. The van der Waals surface area contributed by atoms with Gasteiger partial charge < -0.3 is 22.9 Å². The fraction of sp³-hybridized carbons (Fsp3) is 0.176. The predicted molar refractivity (Wildman–Crippen MR) is 185 cm³/mol. The van der Waals surface area contributed by atoms with E-state index in [4.69, 9.17) is 22.9 Å². The van der Waals surface area contributed by atoms with Gasteiger partial charge in [-0.2, -0.15) is 62.7 Å². The molecule has 0 fully saturated rings. The molecule has 0 bridgehead atoms. The lowest BCUT2D eigenvalue weighted by atomic mass is 10.0.